The van der Waals surface area contributed by atoms with Crippen LogP contribution in [0.5, 0.6) is 0 Å². The third-order valence-corrected chi connectivity index (χ3v) is 10.8. The molecule has 36 heavy (non-hydrogen) atoms. The van der Waals surface area contributed by atoms with Crippen molar-refractivity contribution in [3.63, 3.8) is 0 Å². The number of aryl methyl sites for hydroxylation is 2. The van der Waals surface area contributed by atoms with Crippen LogP contribution in [0.3, 0.4) is 0 Å². The molecule has 0 radical (unpaired) electrons. The van der Waals surface area contributed by atoms with Gasteiger partial charge in [-0.2, -0.15) is 4.31 Å². The minimum atomic E-state index is -3.57. The first-order valence-corrected chi connectivity index (χ1v) is 15.0. The van der Waals surface area contributed by atoms with Gasteiger partial charge < -0.3 is 9.80 Å². The van der Waals surface area contributed by atoms with Crippen LogP contribution in [0, 0.1) is 13.8 Å². The molecule has 0 bridgehead atoms. The van der Waals surface area contributed by atoms with Crippen LogP contribution in [-0.4, -0.2) is 67.8 Å². The number of hydrogen-bond acceptors (Lipinski definition) is 6. The molecule has 2 aliphatic rings. The Kier molecular flexibility index (Phi) is 7.07. The fraction of sp³-hybridized carbons (Fsp3) is 0.481. The number of thiazole rings is 1. The van der Waals surface area contributed by atoms with Gasteiger partial charge in [0.05, 0.1) is 15.1 Å². The standard InChI is InChI=1S/C27H34N4O3S2/c1-19-9-10-20(2)25-24(19)28-27(35-25)31-17-15-30(16-18-31)26(32)21-11-13-23(14-12-21)36(33,34)29(3)22-7-5-4-6-8-22/h9-14,22H,4-8,15-18H2,1-3H3. The Hall–Kier alpha value is -2.49. The molecular weight excluding hydrogens is 492 g/mol. The van der Waals surface area contributed by atoms with Gasteiger partial charge in [0, 0.05) is 44.8 Å². The molecular formula is C27H34N4O3S2. The zero-order chi connectivity index (χ0) is 25.4. The van der Waals surface area contributed by atoms with Crippen molar-refractivity contribution in [2.75, 3.05) is 38.1 Å². The molecule has 0 unspecified atom stereocenters. The minimum absolute atomic E-state index is 0.0598. The summed E-state index contributed by atoms with van der Waals surface area (Å²) in [5.74, 6) is -0.0600. The van der Waals surface area contributed by atoms with Crippen molar-refractivity contribution in [1.29, 1.82) is 0 Å². The topological polar surface area (TPSA) is 73.8 Å². The first-order chi connectivity index (χ1) is 17.3. The Morgan fingerprint density at radius 3 is 2.22 bits per heavy atom. The predicted molar refractivity (Wildman–Crippen MR) is 145 cm³/mol. The van der Waals surface area contributed by atoms with E-state index in [0.29, 0.717) is 18.7 Å². The number of benzene rings is 2. The minimum Gasteiger partial charge on any atom is -0.345 e. The van der Waals surface area contributed by atoms with Crippen molar-refractivity contribution in [3.8, 4) is 0 Å². The SMILES string of the molecule is Cc1ccc(C)c2sc(N3CCN(C(=O)c4ccc(S(=O)(=O)N(C)C5CCCCC5)cc4)CC3)nc12. The lowest BCUT2D eigenvalue weighted by atomic mass is 9.96. The van der Waals surface area contributed by atoms with Crippen LogP contribution in [0.15, 0.2) is 41.3 Å². The van der Waals surface area contributed by atoms with Crippen molar-refractivity contribution < 1.29 is 13.2 Å². The van der Waals surface area contributed by atoms with Crippen molar-refractivity contribution in [2.45, 2.75) is 56.9 Å². The van der Waals surface area contributed by atoms with Gasteiger partial charge in [-0.25, -0.2) is 13.4 Å². The van der Waals surface area contributed by atoms with Gasteiger partial charge in [0.15, 0.2) is 5.13 Å². The molecule has 0 spiro atoms. The Morgan fingerprint density at radius 2 is 1.58 bits per heavy atom. The van der Waals surface area contributed by atoms with Gasteiger partial charge in [-0.15, -0.1) is 0 Å². The van der Waals surface area contributed by atoms with Gasteiger partial charge in [-0.3, -0.25) is 4.79 Å². The van der Waals surface area contributed by atoms with Gasteiger partial charge in [0.2, 0.25) is 10.0 Å². The first-order valence-electron chi connectivity index (χ1n) is 12.7. The Bertz CT molecular complexity index is 1310. The number of aromatic nitrogens is 1. The molecule has 5 rings (SSSR count). The van der Waals surface area contributed by atoms with E-state index in [2.05, 4.69) is 30.9 Å². The second-order valence-corrected chi connectivity index (χ2v) is 13.0. The summed E-state index contributed by atoms with van der Waals surface area (Å²) in [4.78, 5) is 22.4. The van der Waals surface area contributed by atoms with Gasteiger partial charge in [-0.1, -0.05) is 42.7 Å². The highest BCUT2D eigenvalue weighted by molar-refractivity contribution is 7.89. The zero-order valence-corrected chi connectivity index (χ0v) is 22.9. The number of piperazine rings is 1. The second kappa shape index (κ2) is 10.1. The average molecular weight is 527 g/mol. The van der Waals surface area contributed by atoms with Crippen molar-refractivity contribution >= 4 is 42.6 Å². The molecule has 2 heterocycles. The summed E-state index contributed by atoms with van der Waals surface area (Å²) in [6.45, 7) is 6.87. The lowest BCUT2D eigenvalue weighted by Crippen LogP contribution is -2.48. The molecule has 3 aromatic rings. The molecule has 1 amide bonds. The van der Waals surface area contributed by atoms with Gasteiger partial charge in [-0.05, 0) is 62.1 Å². The van der Waals surface area contributed by atoms with E-state index in [1.165, 1.54) is 26.6 Å². The number of carbonyl (C=O) groups excluding carboxylic acids is 1. The maximum atomic E-state index is 13.1. The molecule has 1 saturated carbocycles. The van der Waals surface area contributed by atoms with Gasteiger partial charge in [0.1, 0.15) is 0 Å². The van der Waals surface area contributed by atoms with Crippen LogP contribution in [0.25, 0.3) is 10.2 Å². The third kappa shape index (κ3) is 4.76. The summed E-state index contributed by atoms with van der Waals surface area (Å²) in [6.07, 6.45) is 5.14. The number of hydrogen-bond donors (Lipinski definition) is 0. The third-order valence-electron chi connectivity index (χ3n) is 7.64. The number of fused-ring (bicyclic) bond motifs is 1. The highest BCUT2D eigenvalue weighted by atomic mass is 32.2. The van der Waals surface area contributed by atoms with Crippen LogP contribution in [0.4, 0.5) is 5.13 Å². The average Bonchev–Trinajstić information content (AvgIpc) is 3.38. The number of nitrogens with zero attached hydrogens (tertiary/aromatic N) is 4. The van der Waals surface area contributed by atoms with E-state index in [0.717, 1.165) is 49.4 Å². The maximum Gasteiger partial charge on any atom is 0.253 e. The van der Waals surface area contributed by atoms with E-state index in [-0.39, 0.29) is 16.8 Å². The summed E-state index contributed by atoms with van der Waals surface area (Å²) >= 11 is 1.72. The molecule has 192 valence electrons. The first kappa shape index (κ1) is 25.2. The van der Waals surface area contributed by atoms with Crippen LogP contribution in [-0.2, 0) is 10.0 Å². The van der Waals surface area contributed by atoms with Crippen LogP contribution in [0.1, 0.15) is 53.6 Å². The smallest absolute Gasteiger partial charge is 0.253 e. The number of sulfonamides is 1. The lowest BCUT2D eigenvalue weighted by Gasteiger charge is -2.34. The summed E-state index contributed by atoms with van der Waals surface area (Å²) in [5.41, 5.74) is 4.01. The number of carbonyl (C=O) groups is 1. The van der Waals surface area contributed by atoms with Crippen LogP contribution < -0.4 is 4.90 Å². The Morgan fingerprint density at radius 1 is 0.944 bits per heavy atom. The Balaban J connectivity index is 1.23. The molecule has 0 N–H and O–H groups in total. The zero-order valence-electron chi connectivity index (χ0n) is 21.2. The number of rotatable bonds is 5. The van der Waals surface area contributed by atoms with E-state index in [4.69, 9.17) is 4.98 Å². The largest absolute Gasteiger partial charge is 0.345 e. The normalized spacial score (nSPS) is 17.8. The fourth-order valence-electron chi connectivity index (χ4n) is 5.24. The van der Waals surface area contributed by atoms with Crippen molar-refractivity contribution in [1.82, 2.24) is 14.2 Å². The maximum absolute atomic E-state index is 13.1. The fourth-order valence-corrected chi connectivity index (χ4v) is 7.82. The molecule has 9 heteroatoms. The summed E-state index contributed by atoms with van der Waals surface area (Å²) < 4.78 is 29.0. The molecule has 1 aliphatic heterocycles. The monoisotopic (exact) mass is 526 g/mol. The summed E-state index contributed by atoms with van der Waals surface area (Å²) in [5, 5.41) is 1.01. The van der Waals surface area contributed by atoms with Crippen molar-refractivity contribution in [3.05, 3.63) is 53.1 Å². The van der Waals surface area contributed by atoms with E-state index in [9.17, 15) is 13.2 Å². The van der Waals surface area contributed by atoms with Crippen LogP contribution >= 0.6 is 11.3 Å². The predicted octanol–water partition coefficient (Wildman–Crippen LogP) is 4.83. The molecule has 1 aliphatic carbocycles. The highest BCUT2D eigenvalue weighted by Gasteiger charge is 2.30. The molecule has 2 aromatic carbocycles. The van der Waals surface area contributed by atoms with E-state index < -0.39 is 10.0 Å². The molecule has 1 saturated heterocycles. The number of amides is 1. The molecule has 7 nitrogen and oxygen atoms in total. The van der Waals surface area contributed by atoms with E-state index in [1.807, 2.05) is 4.90 Å². The summed E-state index contributed by atoms with van der Waals surface area (Å²) in [7, 11) is -1.89. The van der Waals surface area contributed by atoms with E-state index in [1.54, 1.807) is 42.6 Å². The lowest BCUT2D eigenvalue weighted by molar-refractivity contribution is 0.0746. The molecule has 0 atom stereocenters. The quantitative estimate of drug-likeness (QED) is 0.476. The summed E-state index contributed by atoms with van der Waals surface area (Å²) in [6, 6.07) is 10.8. The van der Waals surface area contributed by atoms with Crippen LogP contribution in [0.2, 0.25) is 0 Å². The Labute approximate surface area is 217 Å². The van der Waals surface area contributed by atoms with Gasteiger partial charge >= 0.3 is 0 Å². The number of anilines is 1. The molecule has 1 aromatic heterocycles. The highest BCUT2D eigenvalue weighted by Crippen LogP contribution is 2.33. The van der Waals surface area contributed by atoms with Gasteiger partial charge in [0.25, 0.3) is 5.91 Å². The second-order valence-electron chi connectivity index (χ2n) is 9.99. The molecule has 2 fully saturated rings. The van der Waals surface area contributed by atoms with Crippen molar-refractivity contribution in [2.24, 2.45) is 0 Å². The van der Waals surface area contributed by atoms with E-state index >= 15 is 0 Å².